The molecular formula is C20H19F3N4O2S. The molecule has 30 heavy (non-hydrogen) atoms. The van der Waals surface area contributed by atoms with Gasteiger partial charge in [-0.25, -0.2) is 8.42 Å². The Labute approximate surface area is 172 Å². The van der Waals surface area contributed by atoms with Gasteiger partial charge in [0.05, 0.1) is 16.1 Å². The van der Waals surface area contributed by atoms with Crippen molar-refractivity contribution in [3.63, 3.8) is 0 Å². The van der Waals surface area contributed by atoms with Crippen LogP contribution in [0.4, 0.5) is 30.2 Å². The summed E-state index contributed by atoms with van der Waals surface area (Å²) >= 11 is 0. The summed E-state index contributed by atoms with van der Waals surface area (Å²) < 4.78 is 67.3. The highest BCUT2D eigenvalue weighted by Crippen LogP contribution is 2.36. The van der Waals surface area contributed by atoms with Crippen LogP contribution in [0.15, 0.2) is 78.0 Å². The number of rotatable bonds is 8. The third-order valence-corrected chi connectivity index (χ3v) is 5.48. The number of hydrogen-bond acceptors (Lipinski definition) is 5. The molecule has 0 saturated carbocycles. The van der Waals surface area contributed by atoms with Crippen molar-refractivity contribution in [3.05, 3.63) is 78.6 Å². The fourth-order valence-corrected chi connectivity index (χ4v) is 3.76. The van der Waals surface area contributed by atoms with Crippen LogP contribution in [-0.4, -0.2) is 26.5 Å². The summed E-state index contributed by atoms with van der Waals surface area (Å²) in [4.78, 5) is 3.90. The molecule has 0 aliphatic carbocycles. The van der Waals surface area contributed by atoms with Gasteiger partial charge in [-0.2, -0.15) is 13.2 Å². The van der Waals surface area contributed by atoms with E-state index in [1.54, 1.807) is 42.7 Å². The minimum atomic E-state index is -4.59. The summed E-state index contributed by atoms with van der Waals surface area (Å²) in [6.45, 7) is 0.529. The summed E-state index contributed by atoms with van der Waals surface area (Å²) in [7, 11) is -3.92. The SMILES string of the molecule is O=S(=O)(Nc1ccc(C(F)(F)F)c(NCCNc2ccncc2)c1)c1ccccc1. The Kier molecular flexibility index (Phi) is 6.46. The first kappa shape index (κ1) is 21.4. The number of nitrogens with one attached hydrogen (secondary N) is 3. The van der Waals surface area contributed by atoms with Gasteiger partial charge in [-0.15, -0.1) is 0 Å². The van der Waals surface area contributed by atoms with Gasteiger partial charge < -0.3 is 10.6 Å². The van der Waals surface area contributed by atoms with E-state index in [9.17, 15) is 21.6 Å². The highest BCUT2D eigenvalue weighted by Gasteiger charge is 2.33. The van der Waals surface area contributed by atoms with E-state index in [-0.39, 0.29) is 22.8 Å². The van der Waals surface area contributed by atoms with Crippen molar-refractivity contribution < 1.29 is 21.6 Å². The normalized spacial score (nSPS) is 11.7. The molecule has 0 fully saturated rings. The maximum absolute atomic E-state index is 13.4. The molecule has 0 aliphatic heterocycles. The largest absolute Gasteiger partial charge is 0.418 e. The van der Waals surface area contributed by atoms with E-state index < -0.39 is 21.8 Å². The van der Waals surface area contributed by atoms with E-state index in [0.29, 0.717) is 6.54 Å². The fraction of sp³-hybridized carbons (Fsp3) is 0.150. The average Bonchev–Trinajstić information content (AvgIpc) is 2.72. The van der Waals surface area contributed by atoms with Crippen LogP contribution in [0.2, 0.25) is 0 Å². The summed E-state index contributed by atoms with van der Waals surface area (Å²) in [5.41, 5.74) is -0.287. The molecule has 0 spiro atoms. The number of halogens is 3. The second-order valence-corrected chi connectivity index (χ2v) is 7.95. The van der Waals surface area contributed by atoms with Crippen LogP contribution in [0.1, 0.15) is 5.56 Å². The number of sulfonamides is 1. The number of hydrogen-bond donors (Lipinski definition) is 3. The number of pyridine rings is 1. The molecule has 158 valence electrons. The van der Waals surface area contributed by atoms with Gasteiger partial charge in [0.15, 0.2) is 0 Å². The third kappa shape index (κ3) is 5.63. The smallest absolute Gasteiger partial charge is 0.383 e. The van der Waals surface area contributed by atoms with Crippen LogP contribution in [0, 0.1) is 0 Å². The summed E-state index contributed by atoms with van der Waals surface area (Å²) in [6.07, 6.45) is -1.39. The Bertz CT molecular complexity index is 1080. The van der Waals surface area contributed by atoms with Gasteiger partial charge in [-0.3, -0.25) is 9.71 Å². The zero-order chi connectivity index (χ0) is 21.6. The van der Waals surface area contributed by atoms with Crippen molar-refractivity contribution in [1.29, 1.82) is 0 Å². The summed E-state index contributed by atoms with van der Waals surface area (Å²) in [5, 5.41) is 5.78. The molecule has 1 aromatic heterocycles. The Hall–Kier alpha value is -3.27. The van der Waals surface area contributed by atoms with E-state index in [1.165, 1.54) is 12.1 Å². The van der Waals surface area contributed by atoms with Crippen molar-refractivity contribution in [1.82, 2.24) is 4.98 Å². The first-order valence-corrected chi connectivity index (χ1v) is 10.4. The summed E-state index contributed by atoms with van der Waals surface area (Å²) in [6, 6.07) is 14.1. The minimum absolute atomic E-state index is 0.0148. The lowest BCUT2D eigenvalue weighted by molar-refractivity contribution is -0.136. The van der Waals surface area contributed by atoms with Crippen molar-refractivity contribution in [2.75, 3.05) is 28.4 Å². The van der Waals surface area contributed by atoms with E-state index >= 15 is 0 Å². The van der Waals surface area contributed by atoms with Crippen molar-refractivity contribution in [2.45, 2.75) is 11.1 Å². The molecule has 10 heteroatoms. The molecule has 0 saturated heterocycles. The second kappa shape index (κ2) is 9.04. The molecule has 3 N–H and O–H groups in total. The third-order valence-electron chi connectivity index (χ3n) is 4.08. The first-order valence-electron chi connectivity index (χ1n) is 8.92. The van der Waals surface area contributed by atoms with E-state index in [1.807, 2.05) is 0 Å². The Morgan fingerprint density at radius 2 is 1.50 bits per heavy atom. The predicted molar refractivity (Wildman–Crippen MR) is 110 cm³/mol. The molecule has 3 aromatic rings. The zero-order valence-electron chi connectivity index (χ0n) is 15.6. The fourth-order valence-electron chi connectivity index (χ4n) is 2.69. The molecule has 0 amide bonds. The van der Waals surface area contributed by atoms with Crippen LogP contribution in [0.3, 0.4) is 0 Å². The number of benzene rings is 2. The van der Waals surface area contributed by atoms with E-state index in [2.05, 4.69) is 20.3 Å². The highest BCUT2D eigenvalue weighted by atomic mass is 32.2. The molecule has 3 rings (SSSR count). The van der Waals surface area contributed by atoms with E-state index in [4.69, 9.17) is 0 Å². The lowest BCUT2D eigenvalue weighted by Gasteiger charge is -2.17. The number of alkyl halides is 3. The molecule has 0 radical (unpaired) electrons. The van der Waals surface area contributed by atoms with Crippen LogP contribution in [0.25, 0.3) is 0 Å². The molecule has 6 nitrogen and oxygen atoms in total. The van der Waals surface area contributed by atoms with Gasteiger partial charge in [-0.05, 0) is 42.5 Å². The van der Waals surface area contributed by atoms with Gasteiger partial charge in [-0.1, -0.05) is 18.2 Å². The summed E-state index contributed by atoms with van der Waals surface area (Å²) in [5.74, 6) is 0. The van der Waals surface area contributed by atoms with Crippen LogP contribution in [0.5, 0.6) is 0 Å². The monoisotopic (exact) mass is 436 g/mol. The molecule has 0 atom stereocenters. The number of aromatic nitrogens is 1. The first-order chi connectivity index (χ1) is 14.3. The van der Waals surface area contributed by atoms with Crippen LogP contribution >= 0.6 is 0 Å². The number of anilines is 3. The van der Waals surface area contributed by atoms with Crippen molar-refractivity contribution in [3.8, 4) is 0 Å². The second-order valence-electron chi connectivity index (χ2n) is 6.27. The Morgan fingerprint density at radius 1 is 0.833 bits per heavy atom. The quantitative estimate of drug-likeness (QED) is 0.455. The van der Waals surface area contributed by atoms with Crippen molar-refractivity contribution in [2.24, 2.45) is 0 Å². The predicted octanol–water partition coefficient (Wildman–Crippen LogP) is 4.43. The molecule has 0 bridgehead atoms. The van der Waals surface area contributed by atoms with Gasteiger partial charge >= 0.3 is 6.18 Å². The molecule has 2 aromatic carbocycles. The maximum Gasteiger partial charge on any atom is 0.418 e. The van der Waals surface area contributed by atoms with Crippen LogP contribution < -0.4 is 15.4 Å². The average molecular weight is 436 g/mol. The molecule has 0 unspecified atom stereocenters. The zero-order valence-corrected chi connectivity index (χ0v) is 16.5. The van der Waals surface area contributed by atoms with Gasteiger partial charge in [0, 0.05) is 36.9 Å². The number of nitrogens with zero attached hydrogens (tertiary/aromatic N) is 1. The topological polar surface area (TPSA) is 83.1 Å². The lowest BCUT2D eigenvalue weighted by Crippen LogP contribution is -2.18. The highest BCUT2D eigenvalue weighted by molar-refractivity contribution is 7.92. The van der Waals surface area contributed by atoms with Gasteiger partial charge in [0.25, 0.3) is 10.0 Å². The molecule has 1 heterocycles. The lowest BCUT2D eigenvalue weighted by atomic mass is 10.1. The Morgan fingerprint density at radius 3 is 2.17 bits per heavy atom. The Balaban J connectivity index is 1.75. The molecular weight excluding hydrogens is 417 g/mol. The minimum Gasteiger partial charge on any atom is -0.383 e. The molecule has 0 aliphatic rings. The van der Waals surface area contributed by atoms with Gasteiger partial charge in [0.1, 0.15) is 0 Å². The standard InChI is InChI=1S/C20H19F3N4O2S/c21-20(22,23)18-7-6-16(27-30(28,29)17-4-2-1-3-5-17)14-19(18)26-13-12-25-15-8-10-24-11-9-15/h1-11,14,26-27H,12-13H2,(H,24,25). The van der Waals surface area contributed by atoms with Gasteiger partial charge in [0.2, 0.25) is 0 Å². The van der Waals surface area contributed by atoms with Crippen LogP contribution in [-0.2, 0) is 16.2 Å². The van der Waals surface area contributed by atoms with E-state index in [0.717, 1.165) is 23.9 Å². The maximum atomic E-state index is 13.4. The van der Waals surface area contributed by atoms with Crippen molar-refractivity contribution >= 4 is 27.1 Å².